The summed E-state index contributed by atoms with van der Waals surface area (Å²) in [6.45, 7) is 7.98. The summed E-state index contributed by atoms with van der Waals surface area (Å²) in [6, 6.07) is 8.29. The SMILES string of the molecule is CCOC(=O)Cn1cc(CCN2CCNCC2)c2ccccc21. The average molecular weight is 315 g/mol. The maximum Gasteiger partial charge on any atom is 0.325 e. The van der Waals surface area contributed by atoms with Gasteiger partial charge in [0.05, 0.1) is 6.61 Å². The third-order valence-electron chi connectivity index (χ3n) is 4.38. The highest BCUT2D eigenvalue weighted by atomic mass is 16.5. The van der Waals surface area contributed by atoms with Gasteiger partial charge >= 0.3 is 5.97 Å². The zero-order valence-electron chi connectivity index (χ0n) is 13.8. The summed E-state index contributed by atoms with van der Waals surface area (Å²) in [5.41, 5.74) is 2.42. The normalized spacial score (nSPS) is 15.9. The van der Waals surface area contributed by atoms with Crippen LogP contribution in [0.2, 0.25) is 0 Å². The molecule has 1 aliphatic heterocycles. The molecule has 0 unspecified atom stereocenters. The van der Waals surface area contributed by atoms with Gasteiger partial charge < -0.3 is 19.5 Å². The van der Waals surface area contributed by atoms with Crippen molar-refractivity contribution in [2.45, 2.75) is 19.9 Å². The van der Waals surface area contributed by atoms with Crippen molar-refractivity contribution in [1.82, 2.24) is 14.8 Å². The zero-order chi connectivity index (χ0) is 16.1. The van der Waals surface area contributed by atoms with E-state index in [1.54, 1.807) is 0 Å². The monoisotopic (exact) mass is 315 g/mol. The smallest absolute Gasteiger partial charge is 0.325 e. The van der Waals surface area contributed by atoms with E-state index in [-0.39, 0.29) is 12.5 Å². The Kier molecular flexibility index (Phi) is 5.31. The van der Waals surface area contributed by atoms with Crippen LogP contribution in [0.15, 0.2) is 30.5 Å². The first-order chi connectivity index (χ1) is 11.3. The lowest BCUT2D eigenvalue weighted by molar-refractivity contribution is -0.143. The molecule has 0 aliphatic carbocycles. The Labute approximate surface area is 137 Å². The Morgan fingerprint density at radius 1 is 1.26 bits per heavy atom. The maximum atomic E-state index is 11.8. The lowest BCUT2D eigenvalue weighted by atomic mass is 10.1. The fourth-order valence-electron chi connectivity index (χ4n) is 3.21. The first-order valence-electron chi connectivity index (χ1n) is 8.43. The molecule has 0 amide bonds. The second-order valence-corrected chi connectivity index (χ2v) is 5.95. The van der Waals surface area contributed by atoms with Crippen molar-refractivity contribution in [2.24, 2.45) is 0 Å². The van der Waals surface area contributed by atoms with Crippen LogP contribution in [0.5, 0.6) is 0 Å². The number of carbonyl (C=O) groups excluding carboxylic acids is 1. The van der Waals surface area contributed by atoms with E-state index < -0.39 is 0 Å². The molecule has 1 saturated heterocycles. The molecule has 5 heteroatoms. The Bertz CT molecular complexity index is 659. The van der Waals surface area contributed by atoms with Gasteiger partial charge in [0.25, 0.3) is 0 Å². The van der Waals surface area contributed by atoms with Crippen molar-refractivity contribution >= 4 is 16.9 Å². The van der Waals surface area contributed by atoms with E-state index in [9.17, 15) is 4.79 Å². The fourth-order valence-corrected chi connectivity index (χ4v) is 3.21. The van der Waals surface area contributed by atoms with Crippen LogP contribution in [0.1, 0.15) is 12.5 Å². The van der Waals surface area contributed by atoms with Crippen LogP contribution in [-0.4, -0.2) is 54.8 Å². The molecule has 3 rings (SSSR count). The minimum absolute atomic E-state index is 0.179. The van der Waals surface area contributed by atoms with Crippen LogP contribution in [0.3, 0.4) is 0 Å². The van der Waals surface area contributed by atoms with Crippen LogP contribution in [0.25, 0.3) is 10.9 Å². The topological polar surface area (TPSA) is 46.5 Å². The number of esters is 1. The lowest BCUT2D eigenvalue weighted by Crippen LogP contribution is -2.44. The van der Waals surface area contributed by atoms with Crippen molar-refractivity contribution in [3.05, 3.63) is 36.0 Å². The number of nitrogens with one attached hydrogen (secondary N) is 1. The Balaban J connectivity index is 1.75. The van der Waals surface area contributed by atoms with Gasteiger partial charge in [0.2, 0.25) is 0 Å². The molecular formula is C18H25N3O2. The Hall–Kier alpha value is -1.85. The summed E-state index contributed by atoms with van der Waals surface area (Å²) in [5.74, 6) is -0.179. The van der Waals surface area contributed by atoms with Gasteiger partial charge in [-0.2, -0.15) is 0 Å². The quantitative estimate of drug-likeness (QED) is 0.824. The molecule has 0 saturated carbocycles. The van der Waals surface area contributed by atoms with Crippen molar-refractivity contribution < 1.29 is 9.53 Å². The molecule has 0 bridgehead atoms. The van der Waals surface area contributed by atoms with Gasteiger partial charge in [0.15, 0.2) is 0 Å². The number of benzene rings is 1. The second-order valence-electron chi connectivity index (χ2n) is 5.95. The van der Waals surface area contributed by atoms with E-state index in [4.69, 9.17) is 4.74 Å². The molecule has 1 aromatic carbocycles. The number of piperazine rings is 1. The molecular weight excluding hydrogens is 290 g/mol. The summed E-state index contributed by atoms with van der Waals surface area (Å²) in [5, 5.41) is 4.63. The molecule has 0 atom stereocenters. The van der Waals surface area contributed by atoms with Crippen LogP contribution in [-0.2, 0) is 22.5 Å². The fraction of sp³-hybridized carbons (Fsp3) is 0.500. The van der Waals surface area contributed by atoms with Crippen LogP contribution >= 0.6 is 0 Å². The van der Waals surface area contributed by atoms with Crippen molar-refractivity contribution in [1.29, 1.82) is 0 Å². The predicted octanol–water partition coefficient (Wildman–Crippen LogP) is 1.65. The van der Waals surface area contributed by atoms with Gasteiger partial charge in [-0.15, -0.1) is 0 Å². The van der Waals surface area contributed by atoms with Gasteiger partial charge in [-0.3, -0.25) is 4.79 Å². The van der Waals surface area contributed by atoms with Crippen LogP contribution in [0.4, 0.5) is 0 Å². The summed E-state index contributed by atoms with van der Waals surface area (Å²) in [4.78, 5) is 14.3. The number of carbonyl (C=O) groups is 1. The number of hydrogen-bond acceptors (Lipinski definition) is 4. The molecule has 2 aromatic rings. The minimum Gasteiger partial charge on any atom is -0.465 e. The molecule has 1 N–H and O–H groups in total. The number of fused-ring (bicyclic) bond motifs is 1. The Morgan fingerprint density at radius 2 is 2.04 bits per heavy atom. The predicted molar refractivity (Wildman–Crippen MR) is 91.6 cm³/mol. The average Bonchev–Trinajstić information content (AvgIpc) is 2.92. The molecule has 124 valence electrons. The van der Waals surface area contributed by atoms with Gasteiger partial charge in [0.1, 0.15) is 6.54 Å². The van der Waals surface area contributed by atoms with Gasteiger partial charge in [0, 0.05) is 49.8 Å². The number of aromatic nitrogens is 1. The highest BCUT2D eigenvalue weighted by molar-refractivity contribution is 5.85. The molecule has 5 nitrogen and oxygen atoms in total. The third-order valence-corrected chi connectivity index (χ3v) is 4.38. The van der Waals surface area contributed by atoms with E-state index in [0.717, 1.165) is 44.7 Å². The molecule has 1 aromatic heterocycles. The van der Waals surface area contributed by atoms with E-state index in [0.29, 0.717) is 6.61 Å². The first kappa shape index (κ1) is 16.0. The second kappa shape index (κ2) is 7.62. The molecule has 0 radical (unpaired) electrons. The maximum absolute atomic E-state index is 11.8. The molecule has 23 heavy (non-hydrogen) atoms. The summed E-state index contributed by atoms with van der Waals surface area (Å²) in [7, 11) is 0. The minimum atomic E-state index is -0.179. The lowest BCUT2D eigenvalue weighted by Gasteiger charge is -2.26. The van der Waals surface area contributed by atoms with E-state index >= 15 is 0 Å². The Morgan fingerprint density at radius 3 is 2.83 bits per heavy atom. The van der Waals surface area contributed by atoms with Gasteiger partial charge in [-0.1, -0.05) is 18.2 Å². The molecule has 1 aliphatic rings. The number of nitrogens with zero attached hydrogens (tertiary/aromatic N) is 2. The number of rotatable bonds is 6. The number of para-hydroxylation sites is 1. The van der Waals surface area contributed by atoms with Gasteiger partial charge in [-0.05, 0) is 25.0 Å². The molecule has 1 fully saturated rings. The van der Waals surface area contributed by atoms with Crippen LogP contribution < -0.4 is 5.32 Å². The highest BCUT2D eigenvalue weighted by Crippen LogP contribution is 2.22. The summed E-state index contributed by atoms with van der Waals surface area (Å²) >= 11 is 0. The van der Waals surface area contributed by atoms with Gasteiger partial charge in [-0.25, -0.2) is 0 Å². The molecule has 2 heterocycles. The first-order valence-corrected chi connectivity index (χ1v) is 8.43. The highest BCUT2D eigenvalue weighted by Gasteiger charge is 2.14. The molecule has 0 spiro atoms. The number of ether oxygens (including phenoxy) is 1. The van der Waals surface area contributed by atoms with Crippen molar-refractivity contribution in [3.8, 4) is 0 Å². The van der Waals surface area contributed by atoms with E-state index in [1.165, 1.54) is 10.9 Å². The van der Waals surface area contributed by atoms with Crippen LogP contribution in [0, 0.1) is 0 Å². The van der Waals surface area contributed by atoms with E-state index in [1.807, 2.05) is 17.6 Å². The standard InChI is InChI=1S/C18H25N3O2/c1-2-23-18(22)14-21-13-15(16-5-3-4-6-17(16)21)7-10-20-11-8-19-9-12-20/h3-6,13,19H,2,7-12,14H2,1H3. The largest absolute Gasteiger partial charge is 0.465 e. The summed E-state index contributed by atoms with van der Waals surface area (Å²) < 4.78 is 7.10. The van der Waals surface area contributed by atoms with E-state index in [2.05, 4.69) is 34.6 Å². The van der Waals surface area contributed by atoms with Crippen molar-refractivity contribution in [2.75, 3.05) is 39.3 Å². The third kappa shape index (κ3) is 3.92. The zero-order valence-corrected chi connectivity index (χ0v) is 13.8. The number of hydrogen-bond donors (Lipinski definition) is 1. The van der Waals surface area contributed by atoms with Crippen molar-refractivity contribution in [3.63, 3.8) is 0 Å². The summed E-state index contributed by atoms with van der Waals surface area (Å²) in [6.07, 6.45) is 3.13.